The van der Waals surface area contributed by atoms with Crippen molar-refractivity contribution in [2.24, 2.45) is 17.8 Å². The largest absolute Gasteiger partial charge is 0.476 e. The van der Waals surface area contributed by atoms with Gasteiger partial charge in [-0.15, -0.1) is 0 Å². The molecular weight excluding hydrogens is 266 g/mol. The lowest BCUT2D eigenvalue weighted by Crippen LogP contribution is -2.52. The maximum absolute atomic E-state index is 11.9. The number of rotatable bonds is 4. The number of nitrogens with zero attached hydrogens (tertiary/aromatic N) is 3. The van der Waals surface area contributed by atoms with Gasteiger partial charge in [0.05, 0.1) is 19.0 Å². The Hall–Kier alpha value is -1.36. The summed E-state index contributed by atoms with van der Waals surface area (Å²) in [5.74, 6) is 1.99. The van der Waals surface area contributed by atoms with Crippen LogP contribution in [-0.2, 0) is 4.79 Å². The van der Waals surface area contributed by atoms with Crippen molar-refractivity contribution in [2.45, 2.75) is 13.3 Å². The quantitative estimate of drug-likeness (QED) is 0.842. The molecule has 1 saturated heterocycles. The summed E-state index contributed by atoms with van der Waals surface area (Å²) in [6.07, 6.45) is 4.06. The third-order valence-corrected chi connectivity index (χ3v) is 3.93. The van der Waals surface area contributed by atoms with E-state index in [0.29, 0.717) is 35.4 Å². The zero-order valence-electron chi connectivity index (χ0n) is 10.8. The summed E-state index contributed by atoms with van der Waals surface area (Å²) >= 11 is 5.72. The minimum atomic E-state index is 0.278. The van der Waals surface area contributed by atoms with Crippen LogP contribution in [0.4, 0.5) is 0 Å². The molecule has 1 amide bonds. The summed E-state index contributed by atoms with van der Waals surface area (Å²) in [5, 5.41) is 0.325. The van der Waals surface area contributed by atoms with Gasteiger partial charge in [0, 0.05) is 24.9 Å². The molecule has 5 nitrogen and oxygen atoms in total. The molecule has 19 heavy (non-hydrogen) atoms. The molecule has 1 aliphatic heterocycles. The van der Waals surface area contributed by atoms with Crippen LogP contribution >= 0.6 is 11.6 Å². The van der Waals surface area contributed by atoms with Crippen molar-refractivity contribution < 1.29 is 9.53 Å². The van der Waals surface area contributed by atoms with Crippen LogP contribution in [0.1, 0.15) is 13.3 Å². The summed E-state index contributed by atoms with van der Waals surface area (Å²) in [6, 6.07) is 0. The first kappa shape index (κ1) is 12.7. The van der Waals surface area contributed by atoms with Crippen LogP contribution in [0, 0.1) is 17.8 Å². The van der Waals surface area contributed by atoms with Crippen molar-refractivity contribution in [1.82, 2.24) is 14.9 Å². The van der Waals surface area contributed by atoms with Crippen molar-refractivity contribution in [3.8, 4) is 5.88 Å². The molecule has 1 saturated carbocycles. The average molecular weight is 282 g/mol. The lowest BCUT2D eigenvalue weighted by atomic mass is 10.0. The number of ether oxygens (including phenoxy) is 1. The molecule has 0 aromatic carbocycles. The first-order valence-corrected chi connectivity index (χ1v) is 6.90. The van der Waals surface area contributed by atoms with Gasteiger partial charge in [-0.2, -0.15) is 4.98 Å². The Kier molecular flexibility index (Phi) is 3.31. The van der Waals surface area contributed by atoms with Crippen molar-refractivity contribution >= 4 is 17.5 Å². The number of carbonyl (C=O) groups is 1. The minimum Gasteiger partial charge on any atom is -0.476 e. The van der Waals surface area contributed by atoms with Gasteiger partial charge in [0.25, 0.3) is 0 Å². The van der Waals surface area contributed by atoms with E-state index in [0.717, 1.165) is 19.5 Å². The topological polar surface area (TPSA) is 55.3 Å². The van der Waals surface area contributed by atoms with E-state index < -0.39 is 0 Å². The molecule has 102 valence electrons. The zero-order chi connectivity index (χ0) is 13.4. The smallest absolute Gasteiger partial charge is 0.233 e. The summed E-state index contributed by atoms with van der Waals surface area (Å²) in [7, 11) is 0. The van der Waals surface area contributed by atoms with Gasteiger partial charge in [-0.25, -0.2) is 0 Å². The van der Waals surface area contributed by atoms with Gasteiger partial charge >= 0.3 is 0 Å². The maximum atomic E-state index is 11.9. The van der Waals surface area contributed by atoms with E-state index in [1.54, 1.807) is 6.20 Å². The second kappa shape index (κ2) is 4.96. The van der Waals surface area contributed by atoms with Crippen LogP contribution in [0.5, 0.6) is 5.88 Å². The van der Waals surface area contributed by atoms with E-state index in [-0.39, 0.29) is 5.92 Å². The highest BCUT2D eigenvalue weighted by molar-refractivity contribution is 6.29. The summed E-state index contributed by atoms with van der Waals surface area (Å²) < 4.78 is 5.52. The van der Waals surface area contributed by atoms with Crippen LogP contribution in [-0.4, -0.2) is 40.5 Å². The fourth-order valence-electron chi connectivity index (χ4n) is 2.35. The second-order valence-electron chi connectivity index (χ2n) is 5.42. The molecule has 0 radical (unpaired) electrons. The van der Waals surface area contributed by atoms with E-state index in [9.17, 15) is 4.79 Å². The third kappa shape index (κ3) is 2.81. The first-order chi connectivity index (χ1) is 9.13. The van der Waals surface area contributed by atoms with E-state index in [1.807, 2.05) is 4.90 Å². The Morgan fingerprint density at radius 1 is 1.53 bits per heavy atom. The SMILES string of the molecule is CC1CC1C(=O)N1CC(COc2cncc(Cl)n2)C1. The fraction of sp³-hybridized carbons (Fsp3) is 0.615. The zero-order valence-corrected chi connectivity index (χ0v) is 11.5. The number of aromatic nitrogens is 2. The molecule has 2 fully saturated rings. The van der Waals surface area contributed by atoms with Gasteiger partial charge in [0.1, 0.15) is 0 Å². The highest BCUT2D eigenvalue weighted by Crippen LogP contribution is 2.40. The maximum Gasteiger partial charge on any atom is 0.233 e. The highest BCUT2D eigenvalue weighted by atomic mass is 35.5. The standard InChI is InChI=1S/C13H16ClN3O2/c1-8-2-10(8)13(18)17-5-9(6-17)7-19-12-4-15-3-11(14)16-12/h3-4,8-10H,2,5-7H2,1H3. The van der Waals surface area contributed by atoms with E-state index in [4.69, 9.17) is 16.3 Å². The molecule has 1 aromatic rings. The summed E-state index contributed by atoms with van der Waals surface area (Å²) in [4.78, 5) is 21.7. The molecule has 0 spiro atoms. The minimum absolute atomic E-state index is 0.278. The molecular formula is C13H16ClN3O2. The molecule has 1 aliphatic carbocycles. The Bertz CT molecular complexity index is 491. The second-order valence-corrected chi connectivity index (χ2v) is 5.81. The first-order valence-electron chi connectivity index (χ1n) is 6.52. The fourth-order valence-corrected chi connectivity index (χ4v) is 2.49. The van der Waals surface area contributed by atoms with E-state index in [1.165, 1.54) is 6.20 Å². The van der Waals surface area contributed by atoms with Gasteiger partial charge in [0.2, 0.25) is 11.8 Å². The van der Waals surface area contributed by atoms with Gasteiger partial charge < -0.3 is 9.64 Å². The Morgan fingerprint density at radius 2 is 2.26 bits per heavy atom. The molecule has 6 heteroatoms. The summed E-state index contributed by atoms with van der Waals surface area (Å²) in [6.45, 7) is 4.26. The van der Waals surface area contributed by atoms with Gasteiger partial charge in [-0.05, 0) is 12.3 Å². The van der Waals surface area contributed by atoms with Crippen molar-refractivity contribution in [2.75, 3.05) is 19.7 Å². The number of carbonyl (C=O) groups excluding carboxylic acids is 1. The van der Waals surface area contributed by atoms with E-state index >= 15 is 0 Å². The van der Waals surface area contributed by atoms with Gasteiger partial charge in [-0.1, -0.05) is 18.5 Å². The molecule has 2 heterocycles. The molecule has 2 atom stereocenters. The number of amides is 1. The predicted octanol–water partition coefficient (Wildman–Crippen LogP) is 1.62. The Morgan fingerprint density at radius 3 is 2.89 bits per heavy atom. The van der Waals surface area contributed by atoms with Gasteiger partial charge in [0.15, 0.2) is 5.15 Å². The lowest BCUT2D eigenvalue weighted by Gasteiger charge is -2.39. The number of likely N-dealkylation sites (tertiary alicyclic amines) is 1. The molecule has 1 aromatic heterocycles. The van der Waals surface area contributed by atoms with E-state index in [2.05, 4.69) is 16.9 Å². The number of halogens is 1. The third-order valence-electron chi connectivity index (χ3n) is 3.75. The molecule has 3 rings (SSSR count). The van der Waals surface area contributed by atoms with Crippen molar-refractivity contribution in [1.29, 1.82) is 0 Å². The highest BCUT2D eigenvalue weighted by Gasteiger charge is 2.44. The van der Waals surface area contributed by atoms with Crippen LogP contribution in [0.25, 0.3) is 0 Å². The predicted molar refractivity (Wildman–Crippen MR) is 69.9 cm³/mol. The van der Waals surface area contributed by atoms with Crippen molar-refractivity contribution in [3.05, 3.63) is 17.5 Å². The van der Waals surface area contributed by atoms with Crippen LogP contribution < -0.4 is 4.74 Å². The van der Waals surface area contributed by atoms with Crippen LogP contribution in [0.15, 0.2) is 12.4 Å². The lowest BCUT2D eigenvalue weighted by molar-refractivity contribution is -0.139. The average Bonchev–Trinajstić information content (AvgIpc) is 3.04. The number of hydrogen-bond acceptors (Lipinski definition) is 4. The molecule has 0 bridgehead atoms. The monoisotopic (exact) mass is 281 g/mol. The van der Waals surface area contributed by atoms with Crippen LogP contribution in [0.3, 0.4) is 0 Å². The molecule has 2 unspecified atom stereocenters. The Balaban J connectivity index is 1.41. The normalized spacial score (nSPS) is 25.9. The van der Waals surface area contributed by atoms with Crippen LogP contribution in [0.2, 0.25) is 5.15 Å². The Labute approximate surface area is 116 Å². The molecule has 0 N–H and O–H groups in total. The molecule has 2 aliphatic rings. The number of hydrogen-bond donors (Lipinski definition) is 0. The summed E-state index contributed by atoms with van der Waals surface area (Å²) in [5.41, 5.74) is 0. The van der Waals surface area contributed by atoms with Gasteiger partial charge in [-0.3, -0.25) is 9.78 Å². The van der Waals surface area contributed by atoms with Crippen molar-refractivity contribution in [3.63, 3.8) is 0 Å².